The molecule has 0 bridgehead atoms. The molecule has 0 fully saturated rings. The zero-order valence-corrected chi connectivity index (χ0v) is 10.2. The van der Waals surface area contributed by atoms with Crippen molar-refractivity contribution in [1.82, 2.24) is 10.6 Å². The minimum Gasteiger partial charge on any atom is -0.445 e. The smallest absolute Gasteiger partial charge is 0.407 e. The van der Waals surface area contributed by atoms with Crippen LogP contribution >= 0.6 is 0 Å². The van der Waals surface area contributed by atoms with Gasteiger partial charge in [-0.25, -0.2) is 4.79 Å². The molecule has 0 atom stereocenters. The van der Waals surface area contributed by atoms with Crippen LogP contribution < -0.4 is 10.6 Å². The highest BCUT2D eigenvalue weighted by atomic mass is 16.5. The second-order valence-corrected chi connectivity index (χ2v) is 3.74. The number of carbonyl (C=O) groups is 1. The molecule has 0 aromatic heterocycles. The molecule has 0 aliphatic carbocycles. The molecule has 4 heteroatoms. The monoisotopic (exact) mass is 236 g/mol. The SMILES string of the molecule is CCCNCCNC(=O)OCc1ccccc1. The van der Waals surface area contributed by atoms with Gasteiger partial charge in [-0.3, -0.25) is 0 Å². The van der Waals surface area contributed by atoms with Gasteiger partial charge in [0.05, 0.1) is 0 Å². The van der Waals surface area contributed by atoms with Gasteiger partial charge in [0.2, 0.25) is 0 Å². The third-order valence-electron chi connectivity index (χ3n) is 2.21. The number of rotatable bonds is 7. The molecule has 17 heavy (non-hydrogen) atoms. The first-order chi connectivity index (χ1) is 8.33. The van der Waals surface area contributed by atoms with E-state index >= 15 is 0 Å². The third kappa shape index (κ3) is 6.58. The highest BCUT2D eigenvalue weighted by Gasteiger charge is 2.00. The molecule has 1 aromatic carbocycles. The van der Waals surface area contributed by atoms with Crippen LogP contribution in [0.25, 0.3) is 0 Å². The minimum absolute atomic E-state index is 0.315. The molecule has 2 N–H and O–H groups in total. The summed E-state index contributed by atoms with van der Waals surface area (Å²) < 4.78 is 5.06. The molecule has 1 amide bonds. The maximum absolute atomic E-state index is 11.3. The number of ether oxygens (including phenoxy) is 1. The van der Waals surface area contributed by atoms with Gasteiger partial charge in [-0.2, -0.15) is 0 Å². The van der Waals surface area contributed by atoms with Crippen molar-refractivity contribution >= 4 is 6.09 Å². The molecule has 1 aromatic rings. The van der Waals surface area contributed by atoms with Crippen LogP contribution in [-0.2, 0) is 11.3 Å². The minimum atomic E-state index is -0.368. The predicted octanol–water partition coefficient (Wildman–Crippen LogP) is 1.91. The fourth-order valence-corrected chi connectivity index (χ4v) is 1.33. The Morgan fingerprint density at radius 3 is 2.65 bits per heavy atom. The van der Waals surface area contributed by atoms with E-state index in [1.165, 1.54) is 0 Å². The van der Waals surface area contributed by atoms with Gasteiger partial charge in [0.25, 0.3) is 0 Å². The molecule has 0 aliphatic rings. The van der Waals surface area contributed by atoms with E-state index in [1.807, 2.05) is 30.3 Å². The number of amides is 1. The molecule has 0 unspecified atom stereocenters. The first-order valence-electron chi connectivity index (χ1n) is 5.98. The fraction of sp³-hybridized carbons (Fsp3) is 0.462. The third-order valence-corrected chi connectivity index (χ3v) is 2.21. The van der Waals surface area contributed by atoms with Crippen molar-refractivity contribution in [3.8, 4) is 0 Å². The molecule has 0 aliphatic heterocycles. The van der Waals surface area contributed by atoms with Crippen LogP contribution in [0.15, 0.2) is 30.3 Å². The summed E-state index contributed by atoms with van der Waals surface area (Å²) in [4.78, 5) is 11.3. The molecular formula is C13H20N2O2. The van der Waals surface area contributed by atoms with Crippen molar-refractivity contribution in [3.63, 3.8) is 0 Å². The van der Waals surface area contributed by atoms with E-state index in [4.69, 9.17) is 4.74 Å². The van der Waals surface area contributed by atoms with Crippen LogP contribution in [0.3, 0.4) is 0 Å². The van der Waals surface area contributed by atoms with Crippen molar-refractivity contribution in [2.75, 3.05) is 19.6 Å². The molecule has 0 saturated carbocycles. The number of nitrogens with one attached hydrogen (secondary N) is 2. The Kier molecular flexibility index (Phi) is 6.82. The summed E-state index contributed by atoms with van der Waals surface area (Å²) in [5.41, 5.74) is 0.992. The number of alkyl carbamates (subject to hydrolysis) is 1. The maximum Gasteiger partial charge on any atom is 0.407 e. The number of hydrogen-bond donors (Lipinski definition) is 2. The molecule has 0 radical (unpaired) electrons. The summed E-state index contributed by atoms with van der Waals surface area (Å²) in [5, 5.41) is 5.88. The van der Waals surface area contributed by atoms with Gasteiger partial charge in [0.1, 0.15) is 6.61 Å². The average molecular weight is 236 g/mol. The largest absolute Gasteiger partial charge is 0.445 e. The van der Waals surface area contributed by atoms with Crippen molar-refractivity contribution in [2.24, 2.45) is 0 Å². The van der Waals surface area contributed by atoms with Crippen molar-refractivity contribution < 1.29 is 9.53 Å². The Bertz CT molecular complexity index is 314. The zero-order chi connectivity index (χ0) is 12.3. The first kappa shape index (κ1) is 13.5. The Balaban J connectivity index is 2.05. The zero-order valence-electron chi connectivity index (χ0n) is 10.2. The molecular weight excluding hydrogens is 216 g/mol. The highest BCUT2D eigenvalue weighted by molar-refractivity contribution is 5.67. The second-order valence-electron chi connectivity index (χ2n) is 3.74. The van der Waals surface area contributed by atoms with Crippen molar-refractivity contribution in [3.05, 3.63) is 35.9 Å². The van der Waals surface area contributed by atoms with Gasteiger partial charge < -0.3 is 15.4 Å². The lowest BCUT2D eigenvalue weighted by molar-refractivity contribution is 0.139. The van der Waals surface area contributed by atoms with Crippen molar-refractivity contribution in [2.45, 2.75) is 20.0 Å². The normalized spacial score (nSPS) is 9.94. The predicted molar refractivity (Wildman–Crippen MR) is 67.8 cm³/mol. The van der Waals surface area contributed by atoms with Gasteiger partial charge in [-0.1, -0.05) is 37.3 Å². The van der Waals surface area contributed by atoms with Gasteiger partial charge >= 0.3 is 6.09 Å². The summed E-state index contributed by atoms with van der Waals surface area (Å²) in [5.74, 6) is 0. The topological polar surface area (TPSA) is 50.4 Å². The molecule has 0 spiro atoms. The Hall–Kier alpha value is -1.55. The summed E-state index contributed by atoms with van der Waals surface area (Å²) >= 11 is 0. The highest BCUT2D eigenvalue weighted by Crippen LogP contribution is 2.00. The van der Waals surface area contributed by atoms with Crippen LogP contribution in [0.5, 0.6) is 0 Å². The quantitative estimate of drug-likeness (QED) is 0.711. The standard InChI is InChI=1S/C13H20N2O2/c1-2-8-14-9-10-15-13(16)17-11-12-6-4-3-5-7-12/h3-7,14H,2,8-11H2,1H3,(H,15,16). The van der Waals surface area contributed by atoms with E-state index in [0.717, 1.165) is 25.1 Å². The average Bonchev–Trinajstić information content (AvgIpc) is 2.37. The second kappa shape index (κ2) is 8.58. The number of hydrogen-bond acceptors (Lipinski definition) is 3. The van der Waals surface area contributed by atoms with Crippen molar-refractivity contribution in [1.29, 1.82) is 0 Å². The van der Waals surface area contributed by atoms with E-state index in [9.17, 15) is 4.79 Å². The lowest BCUT2D eigenvalue weighted by Gasteiger charge is -2.07. The van der Waals surface area contributed by atoms with Crippen LogP contribution in [0.1, 0.15) is 18.9 Å². The molecule has 94 valence electrons. The Morgan fingerprint density at radius 1 is 1.18 bits per heavy atom. The van der Waals surface area contributed by atoms with Crippen LogP contribution in [0, 0.1) is 0 Å². The van der Waals surface area contributed by atoms with E-state index < -0.39 is 0 Å². The Labute approximate surface area is 102 Å². The summed E-state index contributed by atoms with van der Waals surface area (Å²) in [6.45, 7) is 4.76. The van der Waals surface area contributed by atoms with Gasteiger partial charge in [0.15, 0.2) is 0 Å². The molecule has 4 nitrogen and oxygen atoms in total. The molecule has 1 rings (SSSR count). The summed E-state index contributed by atoms with van der Waals surface area (Å²) in [6.07, 6.45) is 0.727. The lowest BCUT2D eigenvalue weighted by Crippen LogP contribution is -2.32. The van der Waals surface area contributed by atoms with Crippen LogP contribution in [0.2, 0.25) is 0 Å². The molecule has 0 heterocycles. The van der Waals surface area contributed by atoms with Gasteiger partial charge in [0, 0.05) is 13.1 Å². The first-order valence-corrected chi connectivity index (χ1v) is 5.98. The van der Waals surface area contributed by atoms with Gasteiger partial charge in [-0.05, 0) is 18.5 Å². The van der Waals surface area contributed by atoms with E-state index in [0.29, 0.717) is 13.2 Å². The van der Waals surface area contributed by atoms with E-state index in [1.54, 1.807) is 0 Å². The van der Waals surface area contributed by atoms with Crippen LogP contribution in [-0.4, -0.2) is 25.7 Å². The van der Waals surface area contributed by atoms with E-state index in [-0.39, 0.29) is 6.09 Å². The number of benzene rings is 1. The lowest BCUT2D eigenvalue weighted by atomic mass is 10.2. The number of carbonyl (C=O) groups excluding carboxylic acids is 1. The summed E-state index contributed by atoms with van der Waals surface area (Å²) in [6, 6.07) is 9.63. The molecule has 0 saturated heterocycles. The maximum atomic E-state index is 11.3. The van der Waals surface area contributed by atoms with E-state index in [2.05, 4.69) is 17.6 Å². The fourth-order valence-electron chi connectivity index (χ4n) is 1.33. The van der Waals surface area contributed by atoms with Crippen LogP contribution in [0.4, 0.5) is 4.79 Å². The van der Waals surface area contributed by atoms with Gasteiger partial charge in [-0.15, -0.1) is 0 Å². The Morgan fingerprint density at radius 2 is 1.94 bits per heavy atom. The summed E-state index contributed by atoms with van der Waals surface area (Å²) in [7, 11) is 0.